The highest BCUT2D eigenvalue weighted by molar-refractivity contribution is 5.92. The monoisotopic (exact) mass is 796 g/mol. The van der Waals surface area contributed by atoms with Gasteiger partial charge < -0.3 is 33.7 Å². The first-order valence-corrected chi connectivity index (χ1v) is 17.8. The Morgan fingerprint density at radius 1 is 0.649 bits per heavy atom. The number of allylic oxidation sites excluding steroid dienone is 2. The van der Waals surface area contributed by atoms with Gasteiger partial charge in [0.25, 0.3) is 0 Å². The number of nitrogens with zero attached hydrogens (tertiary/aromatic N) is 2. The second kappa shape index (κ2) is 16.6. The number of fused-ring (bicyclic) bond motifs is 8. The van der Waals surface area contributed by atoms with Gasteiger partial charge in [0, 0.05) is 40.3 Å². The van der Waals surface area contributed by atoms with Crippen LogP contribution in [0.5, 0.6) is 0 Å². The summed E-state index contributed by atoms with van der Waals surface area (Å²) in [7, 11) is 4.96. The van der Waals surface area contributed by atoms with Gasteiger partial charge in [0.15, 0.2) is 6.10 Å². The van der Waals surface area contributed by atoms with Crippen molar-refractivity contribution in [3.8, 4) is 0 Å². The first kappa shape index (κ1) is 42.1. The standard InChI is InChI=1S/C40H43F3N4O10/c1-19-20(2)26-16-31-37(57-38(52)40(41,42)43)39(3,4)32(47-31)18-30-24(14-36(51)56-8)22(10-12-34(49)54-6)28(46-30)17-27-21(9-11-33(48)53-5)23(13-35(50)55-7)29(45-27)15-25(19)44-26/h15-18,37,45-46H,9-14H2,1-8H3. The molecule has 0 spiro atoms. The topological polar surface area (TPSA) is 189 Å². The van der Waals surface area contributed by atoms with Gasteiger partial charge in [0.2, 0.25) is 0 Å². The SMILES string of the molecule is COC(=O)CCc1c(CC(=O)OC)c2cc3nc(cc4nc(cc5[nH]c(cc1[nH]2)c(CCC(=O)OC)c5CC(=O)OC)C(C)(C)C4OC(=O)C(F)(F)F)C(C)=C3C. The molecule has 1 atom stereocenters. The minimum Gasteiger partial charge on any atom is -0.469 e. The van der Waals surface area contributed by atoms with Crippen LogP contribution in [0.25, 0.3) is 33.2 Å². The number of aryl methyl sites for hydroxylation is 2. The third-order valence-corrected chi connectivity index (χ3v) is 10.3. The number of halogens is 3. The predicted octanol–water partition coefficient (Wildman–Crippen LogP) is 6.03. The van der Waals surface area contributed by atoms with E-state index in [2.05, 4.69) is 9.97 Å². The lowest BCUT2D eigenvalue weighted by molar-refractivity contribution is -0.207. The van der Waals surface area contributed by atoms with Gasteiger partial charge in [-0.3, -0.25) is 24.2 Å². The van der Waals surface area contributed by atoms with E-state index in [1.54, 1.807) is 45.9 Å². The Kier molecular flexibility index (Phi) is 12.3. The number of methoxy groups -OCH3 is 4. The van der Waals surface area contributed by atoms with E-state index in [9.17, 15) is 37.1 Å². The van der Waals surface area contributed by atoms with Crippen molar-refractivity contribution in [3.05, 3.63) is 69.3 Å². The lowest BCUT2D eigenvalue weighted by Crippen LogP contribution is -2.32. The summed E-state index contributed by atoms with van der Waals surface area (Å²) < 4.78 is 66.0. The van der Waals surface area contributed by atoms with Crippen LogP contribution >= 0.6 is 0 Å². The molecule has 0 saturated carbocycles. The van der Waals surface area contributed by atoms with Crippen molar-refractivity contribution in [1.82, 2.24) is 19.9 Å². The van der Waals surface area contributed by atoms with Crippen LogP contribution in [0.2, 0.25) is 0 Å². The van der Waals surface area contributed by atoms with Gasteiger partial charge in [-0.25, -0.2) is 9.78 Å². The van der Waals surface area contributed by atoms with Crippen molar-refractivity contribution < 1.29 is 60.8 Å². The summed E-state index contributed by atoms with van der Waals surface area (Å²) in [5.41, 5.74) is 4.56. The molecule has 0 saturated heterocycles. The first-order valence-electron chi connectivity index (χ1n) is 17.8. The molecule has 304 valence electrons. The number of carbonyl (C=O) groups is 5. The van der Waals surface area contributed by atoms with Crippen molar-refractivity contribution >= 4 is 63.1 Å². The number of ether oxygens (including phenoxy) is 5. The molecule has 0 aliphatic carbocycles. The van der Waals surface area contributed by atoms with E-state index in [4.69, 9.17) is 33.7 Å². The molecule has 3 aromatic heterocycles. The average molecular weight is 797 g/mol. The Bertz CT molecular complexity index is 2340. The number of carbonyl (C=O) groups excluding carboxylic acids is 5. The van der Waals surface area contributed by atoms with Crippen molar-refractivity contribution in [1.29, 1.82) is 0 Å². The van der Waals surface area contributed by atoms with Crippen LogP contribution in [-0.2, 0) is 78.8 Å². The Hall–Kier alpha value is -6.00. The second-order valence-corrected chi connectivity index (χ2v) is 14.1. The number of hydrogen-bond acceptors (Lipinski definition) is 12. The van der Waals surface area contributed by atoms with Gasteiger partial charge in [-0.1, -0.05) is 13.8 Å². The Balaban J connectivity index is 2.00. The van der Waals surface area contributed by atoms with Gasteiger partial charge in [-0.15, -0.1) is 0 Å². The number of esters is 5. The van der Waals surface area contributed by atoms with Crippen LogP contribution in [0, 0.1) is 0 Å². The summed E-state index contributed by atoms with van der Waals surface area (Å²) in [6, 6.07) is 6.43. The molecule has 5 rings (SSSR count). The fraction of sp³-hybridized carbons (Fsp3) is 0.425. The number of H-pyrrole nitrogens is 2. The average Bonchev–Trinajstić information content (AvgIpc) is 3.81. The maximum atomic E-state index is 13.6. The Labute approximate surface area is 325 Å². The summed E-state index contributed by atoms with van der Waals surface area (Å²) in [5.74, 6) is -4.64. The van der Waals surface area contributed by atoms with Crippen LogP contribution in [0.4, 0.5) is 13.2 Å². The maximum absolute atomic E-state index is 13.6. The van der Waals surface area contributed by atoms with E-state index in [0.717, 1.165) is 0 Å². The zero-order valence-corrected chi connectivity index (χ0v) is 32.7. The van der Waals surface area contributed by atoms with E-state index >= 15 is 0 Å². The fourth-order valence-corrected chi connectivity index (χ4v) is 6.88. The Morgan fingerprint density at radius 2 is 1.09 bits per heavy atom. The van der Waals surface area contributed by atoms with Crippen molar-refractivity contribution in [2.45, 2.75) is 83.9 Å². The molecule has 0 aromatic carbocycles. The van der Waals surface area contributed by atoms with Crippen LogP contribution in [0.3, 0.4) is 0 Å². The molecule has 14 nitrogen and oxygen atoms in total. The van der Waals surface area contributed by atoms with Crippen molar-refractivity contribution in [3.63, 3.8) is 0 Å². The maximum Gasteiger partial charge on any atom is 0.490 e. The minimum absolute atomic E-state index is 0.0134. The second-order valence-electron chi connectivity index (χ2n) is 14.1. The predicted molar refractivity (Wildman–Crippen MR) is 199 cm³/mol. The highest BCUT2D eigenvalue weighted by Gasteiger charge is 2.49. The number of hydrogen-bond donors (Lipinski definition) is 2. The first-order chi connectivity index (χ1) is 26.8. The number of rotatable bonds is 11. The van der Waals surface area contributed by atoms with E-state index in [1.165, 1.54) is 34.5 Å². The summed E-state index contributed by atoms with van der Waals surface area (Å²) in [6.07, 6.45) is -7.27. The zero-order valence-electron chi connectivity index (χ0n) is 32.7. The van der Waals surface area contributed by atoms with Gasteiger partial charge in [-0.05, 0) is 84.4 Å². The van der Waals surface area contributed by atoms with E-state index in [0.29, 0.717) is 66.9 Å². The van der Waals surface area contributed by atoms with E-state index in [-0.39, 0.29) is 49.9 Å². The smallest absolute Gasteiger partial charge is 0.469 e. The van der Waals surface area contributed by atoms with E-state index in [1.807, 2.05) is 0 Å². The molecule has 1 unspecified atom stereocenters. The molecule has 0 radical (unpaired) electrons. The fourth-order valence-electron chi connectivity index (χ4n) is 6.88. The molecule has 3 aromatic rings. The highest BCUT2D eigenvalue weighted by Crippen LogP contribution is 2.45. The van der Waals surface area contributed by atoms with Gasteiger partial charge in [0.1, 0.15) is 0 Å². The minimum atomic E-state index is -5.30. The molecule has 17 heteroatoms. The molecule has 0 amide bonds. The van der Waals surface area contributed by atoms with Crippen LogP contribution in [0.1, 0.15) is 91.7 Å². The molecule has 57 heavy (non-hydrogen) atoms. The van der Waals surface area contributed by atoms with E-state index < -0.39 is 47.5 Å². The highest BCUT2D eigenvalue weighted by atomic mass is 19.4. The normalized spacial score (nSPS) is 14.9. The zero-order chi connectivity index (χ0) is 42.0. The molecule has 5 heterocycles. The lowest BCUT2D eigenvalue weighted by Gasteiger charge is -2.27. The summed E-state index contributed by atoms with van der Waals surface area (Å²) >= 11 is 0. The molecule has 8 bridgehead atoms. The number of nitrogens with one attached hydrogen (secondary N) is 2. The summed E-state index contributed by atoms with van der Waals surface area (Å²) in [6.45, 7) is 6.73. The summed E-state index contributed by atoms with van der Waals surface area (Å²) in [4.78, 5) is 79.3. The van der Waals surface area contributed by atoms with Gasteiger partial charge >= 0.3 is 36.0 Å². The summed E-state index contributed by atoms with van der Waals surface area (Å²) in [5, 5.41) is 0. The lowest BCUT2D eigenvalue weighted by atomic mass is 9.83. The Morgan fingerprint density at radius 3 is 1.54 bits per heavy atom. The van der Waals surface area contributed by atoms with Crippen LogP contribution < -0.4 is 0 Å². The third-order valence-electron chi connectivity index (χ3n) is 10.3. The molecule has 2 aliphatic rings. The molecular weight excluding hydrogens is 753 g/mol. The van der Waals surface area contributed by atoms with Gasteiger partial charge in [0.05, 0.1) is 64.1 Å². The quantitative estimate of drug-likeness (QED) is 0.170. The third kappa shape index (κ3) is 8.86. The van der Waals surface area contributed by atoms with Gasteiger partial charge in [-0.2, -0.15) is 13.2 Å². The number of aromatic amines is 2. The van der Waals surface area contributed by atoms with Crippen LogP contribution in [-0.4, -0.2) is 84.4 Å². The number of alkyl halides is 3. The molecular formula is C40H43F3N4O10. The largest absolute Gasteiger partial charge is 0.490 e. The van der Waals surface area contributed by atoms with Crippen molar-refractivity contribution in [2.75, 3.05) is 28.4 Å². The number of aromatic nitrogens is 4. The molecule has 0 fully saturated rings. The van der Waals surface area contributed by atoms with Crippen molar-refractivity contribution in [2.24, 2.45) is 0 Å². The molecule has 2 aliphatic heterocycles. The molecule has 2 N–H and O–H groups in total. The van der Waals surface area contributed by atoms with Crippen LogP contribution in [0.15, 0.2) is 24.3 Å².